The molecule has 0 spiro atoms. The second-order valence-corrected chi connectivity index (χ2v) is 6.50. The Morgan fingerprint density at radius 3 is 2.83 bits per heavy atom. The van der Waals surface area contributed by atoms with Crippen molar-refractivity contribution in [2.24, 2.45) is 5.92 Å². The molecule has 1 unspecified atom stereocenters. The first-order valence-corrected chi connectivity index (χ1v) is 8.43. The Balaban J connectivity index is 2.23. The van der Waals surface area contributed by atoms with Gasteiger partial charge in [0.15, 0.2) is 0 Å². The zero-order valence-electron chi connectivity index (χ0n) is 13.9. The van der Waals surface area contributed by atoms with Crippen molar-refractivity contribution in [2.75, 3.05) is 5.73 Å². The van der Waals surface area contributed by atoms with Gasteiger partial charge in [-0.2, -0.15) is 5.26 Å². The molecule has 0 amide bonds. The fraction of sp³-hybridized carbons (Fsp3) is 0.400. The standard InChI is InChI=1S/C20H23N3/c1-3-6-14-9-10-18-16(11-14)19(17(12-21)20(22)23-18)15-8-5-4-7-13(15)2/h4-5,7-8,14H,3,6,9-11H2,1-2H3,(H2,22,23). The number of aryl methyl sites for hydroxylation is 2. The molecule has 0 aliphatic heterocycles. The highest BCUT2D eigenvalue weighted by Crippen LogP contribution is 2.39. The van der Waals surface area contributed by atoms with Gasteiger partial charge in [0, 0.05) is 11.3 Å². The molecule has 0 radical (unpaired) electrons. The lowest BCUT2D eigenvalue weighted by molar-refractivity contribution is 0.419. The Labute approximate surface area is 138 Å². The highest BCUT2D eigenvalue weighted by molar-refractivity contribution is 5.81. The average molecular weight is 305 g/mol. The zero-order valence-corrected chi connectivity index (χ0v) is 13.9. The summed E-state index contributed by atoms with van der Waals surface area (Å²) < 4.78 is 0. The third kappa shape index (κ3) is 2.82. The summed E-state index contributed by atoms with van der Waals surface area (Å²) in [7, 11) is 0. The van der Waals surface area contributed by atoms with Gasteiger partial charge in [0.05, 0.1) is 0 Å². The molecule has 1 aliphatic carbocycles. The first kappa shape index (κ1) is 15.6. The molecule has 1 aromatic heterocycles. The van der Waals surface area contributed by atoms with E-state index < -0.39 is 0 Å². The molecule has 118 valence electrons. The van der Waals surface area contributed by atoms with E-state index in [0.717, 1.165) is 29.7 Å². The minimum absolute atomic E-state index is 0.374. The summed E-state index contributed by atoms with van der Waals surface area (Å²) in [5.41, 5.74) is 12.3. The molecule has 0 bridgehead atoms. The van der Waals surface area contributed by atoms with Crippen molar-refractivity contribution in [3.8, 4) is 17.2 Å². The predicted molar refractivity (Wildman–Crippen MR) is 94.0 cm³/mol. The van der Waals surface area contributed by atoms with Crippen molar-refractivity contribution in [1.82, 2.24) is 4.98 Å². The van der Waals surface area contributed by atoms with Gasteiger partial charge in [-0.25, -0.2) is 4.98 Å². The molecular weight excluding hydrogens is 282 g/mol. The van der Waals surface area contributed by atoms with Gasteiger partial charge in [0.1, 0.15) is 17.5 Å². The Morgan fingerprint density at radius 1 is 1.35 bits per heavy atom. The molecule has 0 saturated heterocycles. The van der Waals surface area contributed by atoms with E-state index in [1.807, 2.05) is 12.1 Å². The number of hydrogen-bond acceptors (Lipinski definition) is 3. The molecule has 2 aromatic rings. The molecular formula is C20H23N3. The largest absolute Gasteiger partial charge is 0.383 e. The maximum atomic E-state index is 9.65. The zero-order chi connectivity index (χ0) is 16.4. The topological polar surface area (TPSA) is 62.7 Å². The normalized spacial score (nSPS) is 16.7. The summed E-state index contributed by atoms with van der Waals surface area (Å²) in [6.07, 6.45) is 5.59. The van der Waals surface area contributed by atoms with Crippen LogP contribution < -0.4 is 5.73 Å². The van der Waals surface area contributed by atoms with Crippen molar-refractivity contribution >= 4 is 5.82 Å². The highest BCUT2D eigenvalue weighted by atomic mass is 14.9. The van der Waals surface area contributed by atoms with E-state index in [0.29, 0.717) is 17.3 Å². The van der Waals surface area contributed by atoms with Crippen LogP contribution in [-0.4, -0.2) is 4.98 Å². The third-order valence-corrected chi connectivity index (χ3v) is 4.92. The van der Waals surface area contributed by atoms with Gasteiger partial charge in [-0.3, -0.25) is 0 Å². The number of nitriles is 1. The lowest BCUT2D eigenvalue weighted by Gasteiger charge is -2.27. The highest BCUT2D eigenvalue weighted by Gasteiger charge is 2.26. The van der Waals surface area contributed by atoms with Crippen LogP contribution >= 0.6 is 0 Å². The summed E-state index contributed by atoms with van der Waals surface area (Å²) >= 11 is 0. The lowest BCUT2D eigenvalue weighted by atomic mass is 9.79. The molecule has 23 heavy (non-hydrogen) atoms. The molecule has 1 atom stereocenters. The first-order chi connectivity index (χ1) is 11.2. The molecule has 2 N–H and O–H groups in total. The maximum absolute atomic E-state index is 9.65. The SMILES string of the molecule is CCCC1CCc2nc(N)c(C#N)c(-c3ccccc3C)c2C1. The van der Waals surface area contributed by atoms with Gasteiger partial charge in [0.2, 0.25) is 0 Å². The summed E-state index contributed by atoms with van der Waals surface area (Å²) in [5.74, 6) is 1.06. The quantitative estimate of drug-likeness (QED) is 0.913. The van der Waals surface area contributed by atoms with Gasteiger partial charge < -0.3 is 5.73 Å². The van der Waals surface area contributed by atoms with Crippen molar-refractivity contribution < 1.29 is 0 Å². The molecule has 3 nitrogen and oxygen atoms in total. The fourth-order valence-corrected chi connectivity index (χ4v) is 3.77. The summed E-state index contributed by atoms with van der Waals surface area (Å²) in [6.45, 7) is 4.32. The fourth-order valence-electron chi connectivity index (χ4n) is 3.77. The number of nitrogens with zero attached hydrogens (tertiary/aromatic N) is 2. The van der Waals surface area contributed by atoms with E-state index in [9.17, 15) is 5.26 Å². The van der Waals surface area contributed by atoms with Crippen LogP contribution in [0.1, 0.15) is 48.6 Å². The van der Waals surface area contributed by atoms with E-state index in [4.69, 9.17) is 5.73 Å². The van der Waals surface area contributed by atoms with Crippen LogP contribution in [0.4, 0.5) is 5.82 Å². The monoisotopic (exact) mass is 305 g/mol. The van der Waals surface area contributed by atoms with Gasteiger partial charge in [0.25, 0.3) is 0 Å². The van der Waals surface area contributed by atoms with E-state index in [1.165, 1.54) is 30.4 Å². The molecule has 0 saturated carbocycles. The van der Waals surface area contributed by atoms with Crippen LogP contribution in [0.5, 0.6) is 0 Å². The van der Waals surface area contributed by atoms with Crippen molar-refractivity contribution in [1.29, 1.82) is 5.26 Å². The van der Waals surface area contributed by atoms with Gasteiger partial charge in [-0.05, 0) is 48.8 Å². The van der Waals surface area contributed by atoms with Crippen LogP contribution in [0.15, 0.2) is 24.3 Å². The van der Waals surface area contributed by atoms with Crippen LogP contribution in [0.25, 0.3) is 11.1 Å². The number of benzene rings is 1. The number of hydrogen-bond donors (Lipinski definition) is 1. The molecule has 0 fully saturated rings. The second-order valence-electron chi connectivity index (χ2n) is 6.50. The first-order valence-electron chi connectivity index (χ1n) is 8.43. The van der Waals surface area contributed by atoms with Gasteiger partial charge >= 0.3 is 0 Å². The van der Waals surface area contributed by atoms with E-state index in [2.05, 4.69) is 37.0 Å². The predicted octanol–water partition coefficient (Wildman–Crippen LogP) is 4.42. The lowest BCUT2D eigenvalue weighted by Crippen LogP contribution is -2.18. The van der Waals surface area contributed by atoms with Crippen molar-refractivity contribution in [3.05, 3.63) is 46.6 Å². The molecule has 1 heterocycles. The molecule has 1 aromatic carbocycles. The number of fused-ring (bicyclic) bond motifs is 1. The number of nitrogens with two attached hydrogens (primary N) is 1. The van der Waals surface area contributed by atoms with Crippen molar-refractivity contribution in [3.63, 3.8) is 0 Å². The Hall–Kier alpha value is -2.34. The third-order valence-electron chi connectivity index (χ3n) is 4.92. The van der Waals surface area contributed by atoms with E-state index >= 15 is 0 Å². The molecule has 1 aliphatic rings. The minimum Gasteiger partial charge on any atom is -0.383 e. The number of rotatable bonds is 3. The van der Waals surface area contributed by atoms with Crippen LogP contribution in [-0.2, 0) is 12.8 Å². The van der Waals surface area contributed by atoms with E-state index in [-0.39, 0.29) is 0 Å². The van der Waals surface area contributed by atoms with Crippen molar-refractivity contribution in [2.45, 2.75) is 46.0 Å². The smallest absolute Gasteiger partial charge is 0.142 e. The summed E-state index contributed by atoms with van der Waals surface area (Å²) in [5, 5.41) is 9.65. The van der Waals surface area contributed by atoms with Crippen LogP contribution in [0.3, 0.4) is 0 Å². The Morgan fingerprint density at radius 2 is 2.13 bits per heavy atom. The molecule has 3 rings (SSSR count). The number of nitrogen functional groups attached to an aromatic ring is 1. The minimum atomic E-state index is 0.374. The van der Waals surface area contributed by atoms with E-state index in [1.54, 1.807) is 0 Å². The van der Waals surface area contributed by atoms with Gasteiger partial charge in [-0.1, -0.05) is 44.0 Å². The maximum Gasteiger partial charge on any atom is 0.142 e. The second kappa shape index (κ2) is 6.42. The number of pyridine rings is 1. The molecule has 3 heteroatoms. The Bertz CT molecular complexity index is 771. The Kier molecular flexibility index (Phi) is 4.34. The summed E-state index contributed by atoms with van der Waals surface area (Å²) in [4.78, 5) is 4.55. The average Bonchev–Trinajstić information content (AvgIpc) is 2.55. The number of anilines is 1. The van der Waals surface area contributed by atoms with Crippen LogP contribution in [0.2, 0.25) is 0 Å². The summed E-state index contributed by atoms with van der Waals surface area (Å²) in [6, 6.07) is 10.5. The van der Waals surface area contributed by atoms with Crippen LogP contribution in [0, 0.1) is 24.2 Å². The number of aromatic nitrogens is 1. The van der Waals surface area contributed by atoms with Gasteiger partial charge in [-0.15, -0.1) is 0 Å².